The Morgan fingerprint density at radius 3 is 1.58 bits per heavy atom. The Bertz CT molecular complexity index is 455. The van der Waals surface area contributed by atoms with Crippen LogP contribution in [0.25, 0.3) is 0 Å². The first kappa shape index (κ1) is 19.8. The Kier molecular flexibility index (Phi) is 10.1. The van der Waals surface area contributed by atoms with Gasteiger partial charge >= 0.3 is 11.9 Å². The number of hydrogen-bond acceptors (Lipinski definition) is 6. The van der Waals surface area contributed by atoms with E-state index in [2.05, 4.69) is 0 Å². The van der Waals surface area contributed by atoms with Gasteiger partial charge < -0.3 is 18.9 Å². The van der Waals surface area contributed by atoms with Gasteiger partial charge in [0, 0.05) is 0 Å². The third kappa shape index (κ3) is 8.41. The van der Waals surface area contributed by atoms with E-state index in [0.29, 0.717) is 24.7 Å². The highest BCUT2D eigenvalue weighted by Crippen LogP contribution is 2.26. The molecule has 0 saturated heterocycles. The first-order chi connectivity index (χ1) is 11.7. The van der Waals surface area contributed by atoms with Gasteiger partial charge in [-0.3, -0.25) is 0 Å². The Labute approximate surface area is 143 Å². The van der Waals surface area contributed by atoms with Gasteiger partial charge in [-0.2, -0.15) is 0 Å². The molecular weight excluding hydrogens is 312 g/mol. The minimum Gasteiger partial charge on any atom is -0.478 e. The van der Waals surface area contributed by atoms with Gasteiger partial charge in [0.25, 0.3) is 0 Å². The van der Waals surface area contributed by atoms with E-state index in [-0.39, 0.29) is 13.2 Å². The first-order valence-corrected chi connectivity index (χ1v) is 8.33. The fourth-order valence-corrected chi connectivity index (χ4v) is 1.71. The third-order valence-electron chi connectivity index (χ3n) is 3.06. The number of carbonyl (C=O) groups is 2. The van der Waals surface area contributed by atoms with Crippen molar-refractivity contribution in [2.75, 3.05) is 26.4 Å². The smallest absolute Gasteiger partial charge is 0.344 e. The lowest BCUT2D eigenvalue weighted by Crippen LogP contribution is -2.17. The molecule has 0 amide bonds. The highest BCUT2D eigenvalue weighted by Gasteiger charge is 2.10. The Morgan fingerprint density at radius 1 is 0.792 bits per heavy atom. The van der Waals surface area contributed by atoms with Gasteiger partial charge in [-0.25, -0.2) is 9.59 Å². The highest BCUT2D eigenvalue weighted by molar-refractivity contribution is 5.72. The normalized spacial score (nSPS) is 10.1. The van der Waals surface area contributed by atoms with E-state index in [0.717, 1.165) is 25.7 Å². The summed E-state index contributed by atoms with van der Waals surface area (Å²) in [4.78, 5) is 23.1. The van der Waals surface area contributed by atoms with Crippen molar-refractivity contribution in [3.05, 3.63) is 24.3 Å². The van der Waals surface area contributed by atoms with Crippen LogP contribution < -0.4 is 9.47 Å². The number of carbonyl (C=O) groups excluding carboxylic acids is 2. The SMILES string of the molecule is CCCCOC(=O)COc1ccccc1OCC(=O)OCCCC. The van der Waals surface area contributed by atoms with Gasteiger partial charge in [-0.15, -0.1) is 0 Å². The molecule has 1 aromatic carbocycles. The lowest BCUT2D eigenvalue weighted by Gasteiger charge is -2.12. The summed E-state index contributed by atoms with van der Waals surface area (Å²) in [5, 5.41) is 0. The fourth-order valence-electron chi connectivity index (χ4n) is 1.71. The number of benzene rings is 1. The quantitative estimate of drug-likeness (QED) is 0.431. The van der Waals surface area contributed by atoms with Crippen molar-refractivity contribution in [2.24, 2.45) is 0 Å². The van der Waals surface area contributed by atoms with E-state index >= 15 is 0 Å². The second kappa shape index (κ2) is 12.2. The molecule has 0 heterocycles. The first-order valence-electron chi connectivity index (χ1n) is 8.33. The van der Waals surface area contributed by atoms with Crippen LogP contribution in [-0.4, -0.2) is 38.4 Å². The van der Waals surface area contributed by atoms with Crippen LogP contribution in [0.15, 0.2) is 24.3 Å². The number of ether oxygens (including phenoxy) is 4. The van der Waals surface area contributed by atoms with E-state index in [1.54, 1.807) is 24.3 Å². The van der Waals surface area contributed by atoms with E-state index in [4.69, 9.17) is 18.9 Å². The lowest BCUT2D eigenvalue weighted by molar-refractivity contribution is -0.147. The minimum atomic E-state index is -0.433. The summed E-state index contributed by atoms with van der Waals surface area (Å²) in [5.74, 6) is -0.105. The number of esters is 2. The Hall–Kier alpha value is -2.24. The second-order valence-corrected chi connectivity index (χ2v) is 5.17. The molecule has 0 saturated carbocycles. The lowest BCUT2D eigenvalue weighted by atomic mass is 10.3. The zero-order chi connectivity index (χ0) is 17.6. The molecule has 0 aromatic heterocycles. The summed E-state index contributed by atoms with van der Waals surface area (Å²) in [6, 6.07) is 6.84. The molecule has 0 spiro atoms. The summed E-state index contributed by atoms with van der Waals surface area (Å²) in [6.45, 7) is 4.41. The maximum Gasteiger partial charge on any atom is 0.344 e. The van der Waals surface area contributed by atoms with Crippen LogP contribution in [0.5, 0.6) is 11.5 Å². The molecule has 134 valence electrons. The van der Waals surface area contributed by atoms with Crippen LogP contribution in [0, 0.1) is 0 Å². The third-order valence-corrected chi connectivity index (χ3v) is 3.06. The van der Waals surface area contributed by atoms with Gasteiger partial charge in [0.2, 0.25) is 0 Å². The van der Waals surface area contributed by atoms with Crippen LogP contribution in [0.3, 0.4) is 0 Å². The molecule has 0 N–H and O–H groups in total. The van der Waals surface area contributed by atoms with Crippen molar-refractivity contribution in [1.82, 2.24) is 0 Å². The van der Waals surface area contributed by atoms with Crippen LogP contribution in [-0.2, 0) is 19.1 Å². The molecule has 0 aliphatic carbocycles. The Morgan fingerprint density at radius 2 is 1.21 bits per heavy atom. The molecule has 1 rings (SSSR count). The summed E-state index contributed by atoms with van der Waals surface area (Å²) < 4.78 is 20.9. The predicted octanol–water partition coefficient (Wildman–Crippen LogP) is 3.13. The van der Waals surface area contributed by atoms with Crippen molar-refractivity contribution in [2.45, 2.75) is 39.5 Å². The van der Waals surface area contributed by atoms with Gasteiger partial charge in [0.15, 0.2) is 24.7 Å². The average molecular weight is 338 g/mol. The van der Waals surface area contributed by atoms with E-state index in [1.807, 2.05) is 13.8 Å². The largest absolute Gasteiger partial charge is 0.478 e. The molecule has 1 aromatic rings. The van der Waals surface area contributed by atoms with Crippen LogP contribution in [0.4, 0.5) is 0 Å². The molecule has 0 atom stereocenters. The monoisotopic (exact) mass is 338 g/mol. The number of para-hydroxylation sites is 2. The van der Waals surface area contributed by atoms with E-state index in [1.165, 1.54) is 0 Å². The maximum absolute atomic E-state index is 11.6. The second-order valence-electron chi connectivity index (χ2n) is 5.17. The molecule has 0 radical (unpaired) electrons. The molecule has 0 fully saturated rings. The molecule has 24 heavy (non-hydrogen) atoms. The van der Waals surface area contributed by atoms with E-state index < -0.39 is 11.9 Å². The summed E-state index contributed by atoms with van der Waals surface area (Å²) >= 11 is 0. The van der Waals surface area contributed by atoms with Gasteiger partial charge in [-0.1, -0.05) is 38.8 Å². The highest BCUT2D eigenvalue weighted by atomic mass is 16.6. The maximum atomic E-state index is 11.6. The Balaban J connectivity index is 2.41. The zero-order valence-corrected chi connectivity index (χ0v) is 14.4. The zero-order valence-electron chi connectivity index (χ0n) is 14.4. The van der Waals surface area contributed by atoms with Crippen molar-refractivity contribution >= 4 is 11.9 Å². The molecule has 6 nitrogen and oxygen atoms in total. The molecular formula is C18H26O6. The number of hydrogen-bond donors (Lipinski definition) is 0. The van der Waals surface area contributed by atoms with Crippen molar-refractivity contribution in [3.63, 3.8) is 0 Å². The average Bonchev–Trinajstić information content (AvgIpc) is 2.59. The van der Waals surface area contributed by atoms with Crippen LogP contribution >= 0.6 is 0 Å². The van der Waals surface area contributed by atoms with Crippen molar-refractivity contribution in [3.8, 4) is 11.5 Å². The number of unbranched alkanes of at least 4 members (excludes halogenated alkanes) is 2. The minimum absolute atomic E-state index is 0.203. The van der Waals surface area contributed by atoms with Crippen molar-refractivity contribution < 1.29 is 28.5 Å². The molecule has 0 aliphatic rings. The van der Waals surface area contributed by atoms with Gasteiger partial charge in [0.05, 0.1) is 13.2 Å². The number of rotatable bonds is 12. The fraction of sp³-hybridized carbons (Fsp3) is 0.556. The van der Waals surface area contributed by atoms with E-state index in [9.17, 15) is 9.59 Å². The predicted molar refractivity (Wildman–Crippen MR) is 89.2 cm³/mol. The van der Waals surface area contributed by atoms with Crippen LogP contribution in [0.1, 0.15) is 39.5 Å². The van der Waals surface area contributed by atoms with Gasteiger partial charge in [0.1, 0.15) is 0 Å². The van der Waals surface area contributed by atoms with Crippen molar-refractivity contribution in [1.29, 1.82) is 0 Å². The topological polar surface area (TPSA) is 71.1 Å². The standard InChI is InChI=1S/C18H26O6/c1-3-5-11-21-17(19)13-23-15-9-7-8-10-16(15)24-14-18(20)22-12-6-4-2/h7-10H,3-6,11-14H2,1-2H3. The summed E-state index contributed by atoms with van der Waals surface area (Å²) in [6.07, 6.45) is 3.56. The van der Waals surface area contributed by atoms with Crippen LogP contribution in [0.2, 0.25) is 0 Å². The summed E-state index contributed by atoms with van der Waals surface area (Å²) in [7, 11) is 0. The molecule has 0 aliphatic heterocycles. The molecule has 0 unspecified atom stereocenters. The summed E-state index contributed by atoms with van der Waals surface area (Å²) in [5.41, 5.74) is 0. The van der Waals surface area contributed by atoms with Gasteiger partial charge in [-0.05, 0) is 25.0 Å². The molecule has 0 bridgehead atoms. The molecule has 6 heteroatoms.